The van der Waals surface area contributed by atoms with Gasteiger partial charge in [0.15, 0.2) is 0 Å². The lowest BCUT2D eigenvalue weighted by atomic mass is 10.1. The van der Waals surface area contributed by atoms with Crippen LogP contribution in [-0.4, -0.2) is 32.8 Å². The molecule has 0 atom stereocenters. The van der Waals surface area contributed by atoms with E-state index in [2.05, 4.69) is 21.2 Å². The largest absolute Gasteiger partial charge is 0.478 e. The van der Waals surface area contributed by atoms with Crippen molar-refractivity contribution in [2.24, 2.45) is 0 Å². The van der Waals surface area contributed by atoms with Gasteiger partial charge in [-0.25, -0.2) is 4.79 Å². The first-order chi connectivity index (χ1) is 8.56. The zero-order valence-corrected chi connectivity index (χ0v) is 12.1. The predicted molar refractivity (Wildman–Crippen MR) is 75.6 cm³/mol. The Morgan fingerprint density at radius 1 is 1.39 bits per heavy atom. The summed E-state index contributed by atoms with van der Waals surface area (Å²) in [5.41, 5.74) is 1.15. The smallest absolute Gasteiger partial charge is 0.335 e. The number of carbonyl (C=O) groups is 1. The van der Waals surface area contributed by atoms with Gasteiger partial charge in [0, 0.05) is 38.5 Å². The summed E-state index contributed by atoms with van der Waals surface area (Å²) < 4.78 is 12.0. The molecular formula is C12H14BrNO3S. The number of carboxylic acids is 1. The molecule has 1 saturated heterocycles. The lowest BCUT2D eigenvalue weighted by molar-refractivity contribution is 0.0697. The zero-order valence-electron chi connectivity index (χ0n) is 9.69. The molecule has 1 aromatic carbocycles. The number of hydrogen-bond donors (Lipinski definition) is 2. The van der Waals surface area contributed by atoms with E-state index in [1.54, 1.807) is 18.2 Å². The van der Waals surface area contributed by atoms with Crippen molar-refractivity contribution < 1.29 is 14.1 Å². The van der Waals surface area contributed by atoms with Gasteiger partial charge in [-0.2, -0.15) is 0 Å². The first-order valence-electron chi connectivity index (χ1n) is 5.70. The summed E-state index contributed by atoms with van der Waals surface area (Å²) in [4.78, 5) is 10.8. The van der Waals surface area contributed by atoms with E-state index in [1.807, 2.05) is 0 Å². The summed E-state index contributed by atoms with van der Waals surface area (Å²) in [6.07, 6.45) is 1.78. The Kier molecular flexibility index (Phi) is 4.40. The predicted octanol–water partition coefficient (Wildman–Crippen LogP) is 2.47. The van der Waals surface area contributed by atoms with Crippen molar-refractivity contribution in [2.45, 2.75) is 18.9 Å². The van der Waals surface area contributed by atoms with Crippen LogP contribution in [0, 0.1) is 0 Å². The Balaban J connectivity index is 2.05. The second-order valence-corrected chi connectivity index (χ2v) is 6.82. The van der Waals surface area contributed by atoms with Gasteiger partial charge in [0.05, 0.1) is 5.56 Å². The molecule has 1 aliphatic heterocycles. The lowest BCUT2D eigenvalue weighted by Crippen LogP contribution is -2.29. The summed E-state index contributed by atoms with van der Waals surface area (Å²) >= 11 is 3.37. The molecule has 4 nitrogen and oxygen atoms in total. The average molecular weight is 332 g/mol. The molecule has 18 heavy (non-hydrogen) atoms. The fraction of sp³-hybridized carbons (Fsp3) is 0.417. The van der Waals surface area contributed by atoms with Crippen LogP contribution in [0.15, 0.2) is 22.7 Å². The van der Waals surface area contributed by atoms with Crippen molar-refractivity contribution in [3.8, 4) is 0 Å². The highest BCUT2D eigenvalue weighted by molar-refractivity contribution is 9.10. The highest BCUT2D eigenvalue weighted by Gasteiger charge is 2.18. The lowest BCUT2D eigenvalue weighted by Gasteiger charge is -2.24. The first-order valence-corrected chi connectivity index (χ1v) is 7.98. The number of anilines is 1. The number of benzene rings is 1. The third kappa shape index (κ3) is 3.32. The Morgan fingerprint density at radius 3 is 2.61 bits per heavy atom. The molecule has 98 valence electrons. The average Bonchev–Trinajstić information content (AvgIpc) is 2.34. The molecule has 0 aromatic heterocycles. The maximum atomic E-state index is 11.3. The first kappa shape index (κ1) is 13.5. The number of aromatic carboxylic acids is 1. The second-order valence-electron chi connectivity index (χ2n) is 4.27. The van der Waals surface area contributed by atoms with Crippen LogP contribution in [0.2, 0.25) is 0 Å². The van der Waals surface area contributed by atoms with Gasteiger partial charge in [0.2, 0.25) is 0 Å². The highest BCUT2D eigenvalue weighted by atomic mass is 79.9. The van der Waals surface area contributed by atoms with E-state index in [0.717, 1.165) is 34.5 Å². The van der Waals surface area contributed by atoms with Gasteiger partial charge in [-0.15, -0.1) is 0 Å². The standard InChI is InChI=1S/C12H14BrNO3S/c13-10-7-8(12(15)16)1-2-11(10)14-9-3-5-18(17)6-4-9/h1-2,7,9,14H,3-6H2,(H,15,16). The molecule has 6 heteroatoms. The molecule has 0 bridgehead atoms. The molecule has 0 radical (unpaired) electrons. The summed E-state index contributed by atoms with van der Waals surface area (Å²) in [7, 11) is -0.664. The van der Waals surface area contributed by atoms with E-state index in [9.17, 15) is 9.00 Å². The Labute approximate surface area is 116 Å². The normalized spacial score (nSPS) is 23.6. The van der Waals surface area contributed by atoms with Gasteiger partial charge in [-0.3, -0.25) is 4.21 Å². The van der Waals surface area contributed by atoms with E-state index in [1.165, 1.54) is 0 Å². The van der Waals surface area contributed by atoms with Crippen LogP contribution >= 0.6 is 15.9 Å². The van der Waals surface area contributed by atoms with Crippen molar-refractivity contribution in [1.29, 1.82) is 0 Å². The summed E-state index contributed by atoms with van der Waals surface area (Å²) in [5, 5.41) is 12.2. The van der Waals surface area contributed by atoms with Gasteiger partial charge in [0.25, 0.3) is 0 Å². The summed E-state index contributed by atoms with van der Waals surface area (Å²) in [6, 6.07) is 5.25. The van der Waals surface area contributed by atoms with Gasteiger partial charge in [-0.05, 0) is 47.0 Å². The third-order valence-corrected chi connectivity index (χ3v) is 5.00. The van der Waals surface area contributed by atoms with Crippen LogP contribution in [0.3, 0.4) is 0 Å². The van der Waals surface area contributed by atoms with E-state index < -0.39 is 16.8 Å². The van der Waals surface area contributed by atoms with Crippen LogP contribution < -0.4 is 5.32 Å². The fourth-order valence-electron chi connectivity index (χ4n) is 1.92. The van der Waals surface area contributed by atoms with E-state index in [4.69, 9.17) is 5.11 Å². The number of carboxylic acid groups (broad SMARTS) is 1. The number of halogens is 1. The zero-order chi connectivity index (χ0) is 13.1. The molecule has 1 heterocycles. The minimum Gasteiger partial charge on any atom is -0.478 e. The molecule has 1 aromatic rings. The number of rotatable bonds is 3. The minimum atomic E-state index is -0.935. The molecular weight excluding hydrogens is 318 g/mol. The van der Waals surface area contributed by atoms with Crippen molar-refractivity contribution in [3.05, 3.63) is 28.2 Å². The van der Waals surface area contributed by atoms with Gasteiger partial charge in [-0.1, -0.05) is 0 Å². The minimum absolute atomic E-state index is 0.261. The quantitative estimate of drug-likeness (QED) is 0.892. The third-order valence-electron chi connectivity index (χ3n) is 2.96. The van der Waals surface area contributed by atoms with Crippen molar-refractivity contribution in [1.82, 2.24) is 0 Å². The molecule has 0 spiro atoms. The molecule has 0 aliphatic carbocycles. The summed E-state index contributed by atoms with van der Waals surface area (Å²) in [6.45, 7) is 0. The van der Waals surface area contributed by atoms with Crippen LogP contribution in [0.5, 0.6) is 0 Å². The summed E-state index contributed by atoms with van der Waals surface area (Å²) in [5.74, 6) is 0.542. The van der Waals surface area contributed by atoms with E-state index in [-0.39, 0.29) is 5.56 Å². The van der Waals surface area contributed by atoms with Gasteiger partial charge >= 0.3 is 5.97 Å². The SMILES string of the molecule is O=C(O)c1ccc(NC2CCS(=O)CC2)c(Br)c1. The molecule has 2 rings (SSSR count). The molecule has 0 unspecified atom stereocenters. The maximum absolute atomic E-state index is 11.3. The molecule has 2 N–H and O–H groups in total. The monoisotopic (exact) mass is 331 g/mol. The Hall–Kier alpha value is -0.880. The topological polar surface area (TPSA) is 66.4 Å². The van der Waals surface area contributed by atoms with Crippen molar-refractivity contribution in [2.75, 3.05) is 16.8 Å². The Bertz CT molecular complexity index is 482. The fourth-order valence-corrected chi connectivity index (χ4v) is 3.72. The van der Waals surface area contributed by atoms with E-state index in [0.29, 0.717) is 6.04 Å². The highest BCUT2D eigenvalue weighted by Crippen LogP contribution is 2.26. The molecule has 0 amide bonds. The molecule has 1 aliphatic rings. The van der Waals surface area contributed by atoms with Gasteiger partial charge in [0.1, 0.15) is 0 Å². The number of nitrogens with one attached hydrogen (secondary N) is 1. The second kappa shape index (κ2) is 5.84. The molecule has 0 saturated carbocycles. The van der Waals surface area contributed by atoms with Crippen LogP contribution in [0.1, 0.15) is 23.2 Å². The maximum Gasteiger partial charge on any atom is 0.335 e. The van der Waals surface area contributed by atoms with Crippen molar-refractivity contribution in [3.63, 3.8) is 0 Å². The van der Waals surface area contributed by atoms with Crippen LogP contribution in [0.25, 0.3) is 0 Å². The van der Waals surface area contributed by atoms with Crippen LogP contribution in [-0.2, 0) is 10.8 Å². The van der Waals surface area contributed by atoms with Crippen LogP contribution in [0.4, 0.5) is 5.69 Å². The van der Waals surface area contributed by atoms with Crippen molar-refractivity contribution >= 4 is 38.4 Å². The van der Waals surface area contributed by atoms with Gasteiger partial charge < -0.3 is 10.4 Å². The number of hydrogen-bond acceptors (Lipinski definition) is 3. The van der Waals surface area contributed by atoms with E-state index >= 15 is 0 Å². The Morgan fingerprint density at radius 2 is 2.06 bits per heavy atom. The molecule has 1 fully saturated rings.